The van der Waals surface area contributed by atoms with Gasteiger partial charge in [0.1, 0.15) is 0 Å². The molecule has 2 aliphatic carbocycles. The molecule has 0 aromatic heterocycles. The summed E-state index contributed by atoms with van der Waals surface area (Å²) in [5, 5.41) is 0. The molecule has 0 aromatic carbocycles. The van der Waals surface area contributed by atoms with Crippen molar-refractivity contribution in [3.05, 3.63) is 42.6 Å². The molecule has 0 amide bonds. The standard InChI is InChI=1S/C8H11.C5H5.2ClH.Hf/c1-2-5-8-6-3-4-7-8;1-2-4-5-3-1;;;/h3,6H,2,4-5H2,1H3;1-3H,4H2;2*1H;/q;;;;+2/p-2. The van der Waals surface area contributed by atoms with Crippen LogP contribution in [0.15, 0.2) is 42.6 Å². The summed E-state index contributed by atoms with van der Waals surface area (Å²) in [5.41, 5.74) is 1.68. The summed E-state index contributed by atoms with van der Waals surface area (Å²) in [6, 6.07) is 0. The van der Waals surface area contributed by atoms with Crippen LogP contribution >= 0.6 is 0 Å². The van der Waals surface area contributed by atoms with E-state index in [1.165, 1.54) is 25.7 Å². The van der Waals surface area contributed by atoms with Crippen molar-refractivity contribution in [2.75, 3.05) is 0 Å². The fourth-order valence-corrected chi connectivity index (χ4v) is 6.86. The molecule has 2 rings (SSSR count). The van der Waals surface area contributed by atoms with Gasteiger partial charge in [0.15, 0.2) is 0 Å². The van der Waals surface area contributed by atoms with Crippen molar-refractivity contribution < 1.29 is 47.7 Å². The van der Waals surface area contributed by atoms with Gasteiger partial charge in [0.2, 0.25) is 0 Å². The summed E-state index contributed by atoms with van der Waals surface area (Å²) >= 11 is -0.604. The maximum absolute atomic E-state index is 2.37. The van der Waals surface area contributed by atoms with Crippen LogP contribution in [0.25, 0.3) is 0 Å². The van der Waals surface area contributed by atoms with Crippen molar-refractivity contribution in [1.82, 2.24) is 0 Å². The Morgan fingerprint density at radius 1 is 1.19 bits per heavy atom. The third-order valence-electron chi connectivity index (χ3n) is 2.63. The largest absolute Gasteiger partial charge is 1.00 e. The fraction of sp³-hybridized carbons (Fsp3) is 0.385. The predicted molar refractivity (Wildman–Crippen MR) is 57.5 cm³/mol. The summed E-state index contributed by atoms with van der Waals surface area (Å²) in [6.45, 7) is 2.28. The van der Waals surface area contributed by atoms with Crippen molar-refractivity contribution in [3.63, 3.8) is 0 Å². The molecular formula is C13H16Cl2Hf. The molecule has 2 aliphatic rings. The van der Waals surface area contributed by atoms with E-state index in [0.29, 0.717) is 0 Å². The molecule has 0 saturated heterocycles. The number of rotatable bonds is 4. The van der Waals surface area contributed by atoms with E-state index < -0.39 is 22.9 Å². The van der Waals surface area contributed by atoms with Gasteiger partial charge >= 0.3 is 98.1 Å². The first kappa shape index (κ1) is 16.4. The van der Waals surface area contributed by atoms with Gasteiger partial charge in [-0.2, -0.15) is 0 Å². The zero-order valence-corrected chi connectivity index (χ0v) is 14.6. The molecule has 0 bridgehead atoms. The van der Waals surface area contributed by atoms with Gasteiger partial charge in [-0.3, -0.25) is 0 Å². The maximum atomic E-state index is 2.37. The van der Waals surface area contributed by atoms with Crippen molar-refractivity contribution in [2.24, 2.45) is 0 Å². The Kier molecular flexibility index (Phi) is 8.71. The van der Waals surface area contributed by atoms with Crippen LogP contribution < -0.4 is 24.8 Å². The summed E-state index contributed by atoms with van der Waals surface area (Å²) in [5.74, 6) is 0. The van der Waals surface area contributed by atoms with Gasteiger partial charge in [0.25, 0.3) is 0 Å². The Morgan fingerprint density at radius 3 is 2.62 bits per heavy atom. The van der Waals surface area contributed by atoms with E-state index in [1.807, 2.05) is 3.33 Å². The number of hydrogen-bond acceptors (Lipinski definition) is 0. The molecule has 16 heavy (non-hydrogen) atoms. The second kappa shape index (κ2) is 8.49. The second-order valence-corrected chi connectivity index (χ2v) is 9.18. The van der Waals surface area contributed by atoms with Gasteiger partial charge in [0.05, 0.1) is 0 Å². The Bertz CT molecular complexity index is 338. The average molecular weight is 422 g/mol. The van der Waals surface area contributed by atoms with E-state index in [2.05, 4.69) is 37.3 Å². The van der Waals surface area contributed by atoms with E-state index in [9.17, 15) is 0 Å². The van der Waals surface area contributed by atoms with E-state index in [0.717, 1.165) is 0 Å². The van der Waals surface area contributed by atoms with Crippen LogP contribution in [0.3, 0.4) is 0 Å². The molecule has 0 saturated carbocycles. The van der Waals surface area contributed by atoms with Crippen LogP contribution in [0.2, 0.25) is 0 Å². The summed E-state index contributed by atoms with van der Waals surface area (Å²) in [4.78, 5) is 0. The SMILES string of the molecule is CCCC1=[C]([Hf+2][C]2=CC=CC2)CC=C1.[Cl-].[Cl-]. The molecule has 0 fully saturated rings. The normalized spacial score (nSPS) is 16.7. The molecule has 0 N–H and O–H groups in total. The van der Waals surface area contributed by atoms with Crippen molar-refractivity contribution in [1.29, 1.82) is 0 Å². The van der Waals surface area contributed by atoms with Crippen molar-refractivity contribution in [2.45, 2.75) is 32.6 Å². The predicted octanol–water partition coefficient (Wildman–Crippen LogP) is -2.07. The van der Waals surface area contributed by atoms with Crippen molar-refractivity contribution in [3.8, 4) is 0 Å². The Morgan fingerprint density at radius 2 is 2.00 bits per heavy atom. The van der Waals surface area contributed by atoms with Gasteiger partial charge in [-0.25, -0.2) is 0 Å². The molecule has 0 radical (unpaired) electrons. The number of hydrogen-bond donors (Lipinski definition) is 0. The third-order valence-corrected chi connectivity index (χ3v) is 8.09. The van der Waals surface area contributed by atoms with Gasteiger partial charge in [-0.1, -0.05) is 0 Å². The Balaban J connectivity index is 0.00000112. The van der Waals surface area contributed by atoms with E-state index in [1.54, 1.807) is 8.90 Å². The molecule has 3 heteroatoms. The molecule has 0 spiro atoms. The topological polar surface area (TPSA) is 0 Å². The first-order chi connectivity index (χ1) is 6.90. The fourth-order valence-electron chi connectivity index (χ4n) is 1.92. The zero-order chi connectivity index (χ0) is 9.80. The monoisotopic (exact) mass is 422 g/mol. The van der Waals surface area contributed by atoms with Crippen LogP contribution in [-0.2, 0) is 22.9 Å². The molecule has 0 unspecified atom stereocenters. The molecule has 86 valence electrons. The van der Waals surface area contributed by atoms with E-state index >= 15 is 0 Å². The van der Waals surface area contributed by atoms with E-state index in [-0.39, 0.29) is 24.8 Å². The zero-order valence-electron chi connectivity index (χ0n) is 9.47. The number of allylic oxidation sites excluding steroid dienone is 8. The number of halogens is 2. The molecule has 0 aromatic rings. The minimum absolute atomic E-state index is 0. The Hall–Kier alpha value is 0.410. The summed E-state index contributed by atoms with van der Waals surface area (Å²) < 4.78 is 3.62. The van der Waals surface area contributed by atoms with Crippen LogP contribution in [0, 0.1) is 0 Å². The second-order valence-electron chi connectivity index (χ2n) is 3.81. The third kappa shape index (κ3) is 4.35. The average Bonchev–Trinajstić information content (AvgIpc) is 2.80. The van der Waals surface area contributed by atoms with Gasteiger partial charge in [0, 0.05) is 0 Å². The van der Waals surface area contributed by atoms with Gasteiger partial charge in [-0.05, 0) is 0 Å². The van der Waals surface area contributed by atoms with Crippen LogP contribution in [0.5, 0.6) is 0 Å². The van der Waals surface area contributed by atoms with E-state index in [4.69, 9.17) is 0 Å². The van der Waals surface area contributed by atoms with Crippen LogP contribution in [0.4, 0.5) is 0 Å². The molecule has 0 heterocycles. The van der Waals surface area contributed by atoms with Gasteiger partial charge in [-0.15, -0.1) is 0 Å². The van der Waals surface area contributed by atoms with Gasteiger partial charge < -0.3 is 24.8 Å². The molecule has 0 aliphatic heterocycles. The minimum Gasteiger partial charge on any atom is -1.00 e. The quantitative estimate of drug-likeness (QED) is 0.458. The van der Waals surface area contributed by atoms with Crippen LogP contribution in [0.1, 0.15) is 32.6 Å². The van der Waals surface area contributed by atoms with Crippen LogP contribution in [-0.4, -0.2) is 0 Å². The molecule has 0 nitrogen and oxygen atoms in total. The maximum Gasteiger partial charge on any atom is -1.00 e. The first-order valence-corrected chi connectivity index (χ1v) is 9.00. The smallest absolute Gasteiger partial charge is 1.00 e. The minimum atomic E-state index is -0.604. The summed E-state index contributed by atoms with van der Waals surface area (Å²) in [7, 11) is 0. The first-order valence-electron chi connectivity index (χ1n) is 5.41. The van der Waals surface area contributed by atoms with Crippen molar-refractivity contribution >= 4 is 0 Å². The molecular weight excluding hydrogens is 406 g/mol. The Labute approximate surface area is 122 Å². The molecule has 0 atom stereocenters. The summed E-state index contributed by atoms with van der Waals surface area (Å²) in [6.07, 6.45) is 16.7.